The molecule has 0 atom stereocenters. The van der Waals surface area contributed by atoms with Gasteiger partial charge in [0.15, 0.2) is 0 Å². The standard InChI is InChI=1S/C18H20O6S/c1-14-4-3-5-17(12-14)25(20,21)24-11-10-23-16-8-6-15(7-9-16)13-18(19)22-2/h3-9,12H,10-11,13H2,1-2H3. The third-order valence-electron chi connectivity index (χ3n) is 3.37. The van der Waals surface area contributed by atoms with Gasteiger partial charge in [0.05, 0.1) is 18.4 Å². The van der Waals surface area contributed by atoms with Crippen molar-refractivity contribution in [1.82, 2.24) is 0 Å². The third-order valence-corrected chi connectivity index (χ3v) is 4.68. The number of methoxy groups -OCH3 is 1. The molecule has 0 saturated heterocycles. The molecule has 2 aromatic carbocycles. The Balaban J connectivity index is 1.82. The van der Waals surface area contributed by atoms with E-state index >= 15 is 0 Å². The van der Waals surface area contributed by atoms with Gasteiger partial charge in [-0.3, -0.25) is 8.98 Å². The average Bonchev–Trinajstić information content (AvgIpc) is 2.60. The van der Waals surface area contributed by atoms with Crippen molar-refractivity contribution in [2.75, 3.05) is 20.3 Å². The van der Waals surface area contributed by atoms with E-state index in [9.17, 15) is 13.2 Å². The predicted molar refractivity (Wildman–Crippen MR) is 92.0 cm³/mol. The van der Waals surface area contributed by atoms with Crippen LogP contribution < -0.4 is 4.74 Å². The molecule has 0 saturated carbocycles. The van der Waals surface area contributed by atoms with Gasteiger partial charge in [-0.2, -0.15) is 8.42 Å². The molecule has 0 unspecified atom stereocenters. The Morgan fingerprint density at radius 2 is 1.76 bits per heavy atom. The van der Waals surface area contributed by atoms with E-state index in [-0.39, 0.29) is 30.5 Å². The minimum Gasteiger partial charge on any atom is -0.491 e. The fourth-order valence-corrected chi connectivity index (χ4v) is 3.08. The molecule has 134 valence electrons. The van der Waals surface area contributed by atoms with Gasteiger partial charge < -0.3 is 9.47 Å². The fraction of sp³-hybridized carbons (Fsp3) is 0.278. The number of benzene rings is 2. The van der Waals surface area contributed by atoms with Crippen LogP contribution in [0.5, 0.6) is 5.75 Å². The molecule has 7 heteroatoms. The number of esters is 1. The lowest BCUT2D eigenvalue weighted by Gasteiger charge is -2.09. The van der Waals surface area contributed by atoms with Gasteiger partial charge in [-0.05, 0) is 42.3 Å². The predicted octanol–water partition coefficient (Wildman–Crippen LogP) is 2.49. The molecule has 0 aliphatic rings. The maximum atomic E-state index is 12.0. The molecule has 0 aliphatic carbocycles. The Bertz CT molecular complexity index is 812. The number of ether oxygens (including phenoxy) is 2. The van der Waals surface area contributed by atoms with Crippen molar-refractivity contribution in [2.45, 2.75) is 18.2 Å². The van der Waals surface area contributed by atoms with E-state index in [1.165, 1.54) is 13.2 Å². The van der Waals surface area contributed by atoms with Gasteiger partial charge in [0.2, 0.25) is 0 Å². The second kappa shape index (κ2) is 8.64. The molecule has 0 aliphatic heterocycles. The van der Waals surface area contributed by atoms with Crippen LogP contribution in [0, 0.1) is 6.92 Å². The van der Waals surface area contributed by atoms with E-state index in [2.05, 4.69) is 4.74 Å². The highest BCUT2D eigenvalue weighted by Crippen LogP contribution is 2.15. The summed E-state index contributed by atoms with van der Waals surface area (Å²) in [5.41, 5.74) is 1.64. The molecule has 0 heterocycles. The molecular formula is C18H20O6S. The molecule has 0 N–H and O–H groups in total. The summed E-state index contributed by atoms with van der Waals surface area (Å²) in [6.45, 7) is 1.80. The summed E-state index contributed by atoms with van der Waals surface area (Å²) < 4.78 is 39.1. The largest absolute Gasteiger partial charge is 0.491 e. The van der Waals surface area contributed by atoms with Crippen LogP contribution in [-0.4, -0.2) is 34.7 Å². The first-order valence-electron chi connectivity index (χ1n) is 7.65. The smallest absolute Gasteiger partial charge is 0.309 e. The Morgan fingerprint density at radius 1 is 1.04 bits per heavy atom. The molecule has 0 aromatic heterocycles. The first-order chi connectivity index (χ1) is 11.9. The van der Waals surface area contributed by atoms with Crippen LogP contribution in [0.15, 0.2) is 53.4 Å². The zero-order valence-electron chi connectivity index (χ0n) is 14.1. The summed E-state index contributed by atoms with van der Waals surface area (Å²) in [7, 11) is -2.45. The highest BCUT2D eigenvalue weighted by molar-refractivity contribution is 7.86. The number of carbonyl (C=O) groups is 1. The van der Waals surface area contributed by atoms with Crippen molar-refractivity contribution in [1.29, 1.82) is 0 Å². The van der Waals surface area contributed by atoms with Crippen LogP contribution in [0.4, 0.5) is 0 Å². The second-order valence-electron chi connectivity index (χ2n) is 5.34. The summed E-state index contributed by atoms with van der Waals surface area (Å²) in [6.07, 6.45) is 0.189. The van der Waals surface area contributed by atoms with E-state index in [1.807, 2.05) is 13.0 Å². The van der Waals surface area contributed by atoms with Crippen LogP contribution in [-0.2, 0) is 30.3 Å². The van der Waals surface area contributed by atoms with Crippen molar-refractivity contribution < 1.29 is 26.9 Å². The normalized spacial score (nSPS) is 11.1. The van der Waals surface area contributed by atoms with Crippen LogP contribution in [0.3, 0.4) is 0 Å². The quantitative estimate of drug-likeness (QED) is 0.407. The Morgan fingerprint density at radius 3 is 2.40 bits per heavy atom. The number of hydrogen-bond acceptors (Lipinski definition) is 6. The molecule has 0 amide bonds. The first kappa shape index (κ1) is 19.0. The maximum Gasteiger partial charge on any atom is 0.309 e. The van der Waals surface area contributed by atoms with E-state index in [4.69, 9.17) is 8.92 Å². The van der Waals surface area contributed by atoms with Gasteiger partial charge in [0.1, 0.15) is 19.0 Å². The van der Waals surface area contributed by atoms with Crippen LogP contribution in [0.2, 0.25) is 0 Å². The molecule has 25 heavy (non-hydrogen) atoms. The average molecular weight is 364 g/mol. The second-order valence-corrected chi connectivity index (χ2v) is 6.95. The van der Waals surface area contributed by atoms with Crippen LogP contribution >= 0.6 is 0 Å². The van der Waals surface area contributed by atoms with E-state index in [0.717, 1.165) is 11.1 Å². The summed E-state index contributed by atoms with van der Waals surface area (Å²) in [5, 5.41) is 0. The van der Waals surface area contributed by atoms with E-state index < -0.39 is 10.1 Å². The summed E-state index contributed by atoms with van der Waals surface area (Å²) in [5.74, 6) is 0.244. The third kappa shape index (κ3) is 5.88. The highest BCUT2D eigenvalue weighted by Gasteiger charge is 2.14. The van der Waals surface area contributed by atoms with Gasteiger partial charge in [-0.1, -0.05) is 24.3 Å². The fourth-order valence-electron chi connectivity index (χ4n) is 2.08. The van der Waals surface area contributed by atoms with Crippen molar-refractivity contribution in [3.8, 4) is 5.75 Å². The zero-order chi connectivity index (χ0) is 18.3. The van der Waals surface area contributed by atoms with Gasteiger partial charge >= 0.3 is 5.97 Å². The maximum absolute atomic E-state index is 12.0. The molecule has 0 radical (unpaired) electrons. The molecule has 0 spiro atoms. The van der Waals surface area contributed by atoms with Crippen molar-refractivity contribution >= 4 is 16.1 Å². The molecule has 2 aromatic rings. The summed E-state index contributed by atoms with van der Waals surface area (Å²) >= 11 is 0. The van der Waals surface area contributed by atoms with E-state index in [0.29, 0.717) is 5.75 Å². The lowest BCUT2D eigenvalue weighted by atomic mass is 10.1. The minimum absolute atomic E-state index is 0.0847. The first-order valence-corrected chi connectivity index (χ1v) is 9.06. The number of carbonyl (C=O) groups excluding carboxylic acids is 1. The number of rotatable bonds is 8. The Kier molecular flexibility index (Phi) is 6.55. The SMILES string of the molecule is COC(=O)Cc1ccc(OCCOS(=O)(=O)c2cccc(C)c2)cc1. The topological polar surface area (TPSA) is 78.9 Å². The van der Waals surface area contributed by atoms with Gasteiger partial charge in [-0.15, -0.1) is 0 Å². The summed E-state index contributed by atoms with van der Waals surface area (Å²) in [6, 6.07) is 13.4. The summed E-state index contributed by atoms with van der Waals surface area (Å²) in [4.78, 5) is 11.3. The molecule has 2 rings (SSSR count). The number of hydrogen-bond donors (Lipinski definition) is 0. The van der Waals surface area contributed by atoms with Gasteiger partial charge in [0.25, 0.3) is 10.1 Å². The van der Waals surface area contributed by atoms with Crippen LogP contribution in [0.25, 0.3) is 0 Å². The monoisotopic (exact) mass is 364 g/mol. The van der Waals surface area contributed by atoms with Crippen molar-refractivity contribution in [3.05, 3.63) is 59.7 Å². The minimum atomic E-state index is -3.79. The molecule has 0 fully saturated rings. The molecule has 0 bridgehead atoms. The van der Waals surface area contributed by atoms with E-state index in [1.54, 1.807) is 36.4 Å². The molecule has 6 nitrogen and oxygen atoms in total. The van der Waals surface area contributed by atoms with Crippen molar-refractivity contribution in [2.24, 2.45) is 0 Å². The number of aryl methyl sites for hydroxylation is 1. The Hall–Kier alpha value is -2.38. The lowest BCUT2D eigenvalue weighted by molar-refractivity contribution is -0.139. The highest BCUT2D eigenvalue weighted by atomic mass is 32.2. The van der Waals surface area contributed by atoms with Crippen LogP contribution in [0.1, 0.15) is 11.1 Å². The zero-order valence-corrected chi connectivity index (χ0v) is 14.9. The Labute approximate surface area is 147 Å². The lowest BCUT2D eigenvalue weighted by Crippen LogP contribution is -2.13. The van der Waals surface area contributed by atoms with Crippen molar-refractivity contribution in [3.63, 3.8) is 0 Å². The van der Waals surface area contributed by atoms with Gasteiger partial charge in [0, 0.05) is 0 Å². The van der Waals surface area contributed by atoms with Gasteiger partial charge in [-0.25, -0.2) is 0 Å². The molecular weight excluding hydrogens is 344 g/mol.